The molecule has 3 saturated heterocycles. The molecule has 0 N–H and O–H groups in total. The van der Waals surface area contributed by atoms with Crippen LogP contribution in [-0.2, 0) is 14.3 Å². The zero-order valence-corrected chi connectivity index (χ0v) is 15.9. The van der Waals surface area contributed by atoms with Crippen molar-refractivity contribution in [3.05, 3.63) is 0 Å². The topological polar surface area (TPSA) is 45.3 Å². The number of hydrogen-bond donors (Lipinski definition) is 0. The maximum atomic E-state index is 12.7. The molecule has 2 saturated carbocycles. The minimum atomic E-state index is 0.0106. The van der Waals surface area contributed by atoms with Gasteiger partial charge in [-0.05, 0) is 32.2 Å². The number of fused-ring (bicyclic) bond motifs is 2. The second-order valence-corrected chi connectivity index (χ2v) is 9.65. The third-order valence-electron chi connectivity index (χ3n) is 8.24. The second kappa shape index (κ2) is 5.43. The summed E-state index contributed by atoms with van der Waals surface area (Å²) < 4.78 is 12.5. The highest BCUT2D eigenvalue weighted by atomic mass is 16.6. The Kier molecular flexibility index (Phi) is 3.59. The van der Waals surface area contributed by atoms with Gasteiger partial charge in [-0.3, -0.25) is 9.69 Å². The Bertz CT molecular complexity index is 575. The predicted octanol–water partition coefficient (Wildman–Crippen LogP) is 1.76. The van der Waals surface area contributed by atoms with Crippen molar-refractivity contribution in [1.29, 1.82) is 0 Å². The highest BCUT2D eigenvalue weighted by molar-refractivity contribution is 5.76. The SMILES string of the molecule is C[C@H]1CCC[C@]2(C)C[C@H]3OC(=O)[C@H](CN4CCN(C)CC4)[C@H]3[C@@H]3O[C@@]132. The van der Waals surface area contributed by atoms with E-state index in [2.05, 4.69) is 30.7 Å². The van der Waals surface area contributed by atoms with Gasteiger partial charge in [-0.15, -0.1) is 0 Å². The molecule has 0 radical (unpaired) electrons. The fourth-order valence-electron chi connectivity index (χ4n) is 6.75. The number of carbonyl (C=O) groups is 1. The second-order valence-electron chi connectivity index (χ2n) is 9.65. The van der Waals surface area contributed by atoms with E-state index in [1.54, 1.807) is 0 Å². The van der Waals surface area contributed by atoms with Gasteiger partial charge in [0.2, 0.25) is 0 Å². The predicted molar refractivity (Wildman–Crippen MR) is 94.1 cm³/mol. The molecule has 0 amide bonds. The van der Waals surface area contributed by atoms with Crippen molar-refractivity contribution in [3.8, 4) is 0 Å². The third-order valence-corrected chi connectivity index (χ3v) is 8.24. The average Bonchev–Trinajstić information content (AvgIpc) is 3.25. The van der Waals surface area contributed by atoms with Gasteiger partial charge in [-0.1, -0.05) is 20.3 Å². The van der Waals surface area contributed by atoms with Crippen LogP contribution in [0, 0.1) is 23.2 Å². The van der Waals surface area contributed by atoms with Crippen LogP contribution < -0.4 is 0 Å². The first-order valence-corrected chi connectivity index (χ1v) is 10.2. The van der Waals surface area contributed by atoms with Gasteiger partial charge in [-0.25, -0.2) is 0 Å². The molecule has 0 unspecified atom stereocenters. The maximum absolute atomic E-state index is 12.7. The molecule has 5 fully saturated rings. The first kappa shape index (κ1) is 16.5. The van der Waals surface area contributed by atoms with E-state index in [4.69, 9.17) is 9.47 Å². The van der Waals surface area contributed by atoms with Crippen molar-refractivity contribution >= 4 is 5.97 Å². The number of hydrogen-bond acceptors (Lipinski definition) is 5. The molecule has 7 atom stereocenters. The Morgan fingerprint density at radius 2 is 2.00 bits per heavy atom. The van der Waals surface area contributed by atoms with E-state index in [0.717, 1.165) is 39.1 Å². The van der Waals surface area contributed by atoms with E-state index in [0.29, 0.717) is 5.92 Å². The van der Waals surface area contributed by atoms with E-state index in [1.807, 2.05) is 0 Å². The van der Waals surface area contributed by atoms with Gasteiger partial charge in [0.25, 0.3) is 0 Å². The molecule has 3 aliphatic heterocycles. The molecule has 25 heavy (non-hydrogen) atoms. The van der Waals surface area contributed by atoms with Crippen molar-refractivity contribution in [2.24, 2.45) is 23.2 Å². The van der Waals surface area contributed by atoms with Gasteiger partial charge >= 0.3 is 5.97 Å². The minimum Gasteiger partial charge on any atom is -0.462 e. The van der Waals surface area contributed by atoms with Crippen LogP contribution in [0.25, 0.3) is 0 Å². The Morgan fingerprint density at radius 3 is 2.76 bits per heavy atom. The smallest absolute Gasteiger partial charge is 0.311 e. The Morgan fingerprint density at radius 1 is 1.24 bits per heavy atom. The molecule has 0 aromatic carbocycles. The summed E-state index contributed by atoms with van der Waals surface area (Å²) in [4.78, 5) is 17.5. The van der Waals surface area contributed by atoms with E-state index in [9.17, 15) is 4.79 Å². The molecule has 1 spiro atoms. The lowest BCUT2D eigenvalue weighted by atomic mass is 9.53. The lowest BCUT2D eigenvalue weighted by molar-refractivity contribution is -0.146. The summed E-state index contributed by atoms with van der Waals surface area (Å²) in [6, 6.07) is 0. The highest BCUT2D eigenvalue weighted by Crippen LogP contribution is 2.70. The molecule has 5 nitrogen and oxygen atoms in total. The Labute approximate surface area is 151 Å². The molecule has 2 aliphatic carbocycles. The highest BCUT2D eigenvalue weighted by Gasteiger charge is 2.78. The average molecular weight is 348 g/mol. The first-order chi connectivity index (χ1) is 11.9. The summed E-state index contributed by atoms with van der Waals surface area (Å²) in [6.45, 7) is 9.91. The van der Waals surface area contributed by atoms with Crippen LogP contribution in [0.3, 0.4) is 0 Å². The first-order valence-electron chi connectivity index (χ1n) is 10.2. The van der Waals surface area contributed by atoms with Crippen LogP contribution in [0.2, 0.25) is 0 Å². The molecule has 0 aromatic heterocycles. The van der Waals surface area contributed by atoms with Gasteiger partial charge in [-0.2, -0.15) is 0 Å². The number of epoxide rings is 1. The number of rotatable bonds is 2. The zero-order chi connectivity index (χ0) is 17.4. The molecule has 0 aromatic rings. The number of carbonyl (C=O) groups excluding carboxylic acids is 1. The summed E-state index contributed by atoms with van der Waals surface area (Å²) in [7, 11) is 2.17. The van der Waals surface area contributed by atoms with Gasteiger partial charge in [0.1, 0.15) is 11.7 Å². The summed E-state index contributed by atoms with van der Waals surface area (Å²) in [5, 5.41) is 0. The molecule has 5 heteroatoms. The van der Waals surface area contributed by atoms with E-state index < -0.39 is 0 Å². The van der Waals surface area contributed by atoms with Crippen LogP contribution in [-0.4, -0.2) is 73.3 Å². The number of likely N-dealkylation sites (N-methyl/N-ethyl adjacent to an activating group) is 1. The molecule has 5 aliphatic rings. The standard InChI is InChI=1S/C20H32N2O3/c1-13-5-4-6-19(2)11-15-16(17-20(13,19)25-17)14(18(23)24-15)12-22-9-7-21(3)8-10-22/h13-17H,4-12H2,1-3H3/t13-,14+,15+,16+,17-,19+,20-/m0/s1. The van der Waals surface area contributed by atoms with Gasteiger partial charge in [0, 0.05) is 44.1 Å². The van der Waals surface area contributed by atoms with Crippen molar-refractivity contribution in [3.63, 3.8) is 0 Å². The van der Waals surface area contributed by atoms with Gasteiger partial charge < -0.3 is 14.4 Å². The largest absolute Gasteiger partial charge is 0.462 e. The molecule has 3 heterocycles. The Balaban J connectivity index is 1.37. The van der Waals surface area contributed by atoms with Crippen molar-refractivity contribution < 1.29 is 14.3 Å². The van der Waals surface area contributed by atoms with Crippen LogP contribution in [0.4, 0.5) is 0 Å². The number of ether oxygens (including phenoxy) is 2. The zero-order valence-electron chi connectivity index (χ0n) is 15.9. The third kappa shape index (κ3) is 2.21. The van der Waals surface area contributed by atoms with Gasteiger partial charge in [0.05, 0.1) is 12.0 Å². The van der Waals surface area contributed by atoms with Crippen LogP contribution in [0.15, 0.2) is 0 Å². The summed E-state index contributed by atoms with van der Waals surface area (Å²) in [5.41, 5.74) is 0.222. The maximum Gasteiger partial charge on any atom is 0.311 e. The summed E-state index contributed by atoms with van der Waals surface area (Å²) >= 11 is 0. The van der Waals surface area contributed by atoms with Crippen LogP contribution in [0.5, 0.6) is 0 Å². The van der Waals surface area contributed by atoms with Crippen molar-refractivity contribution in [2.75, 3.05) is 39.8 Å². The number of piperazine rings is 1. The number of nitrogens with zero attached hydrogens (tertiary/aromatic N) is 2. The summed E-state index contributed by atoms with van der Waals surface area (Å²) in [6.07, 6.45) is 5.10. The van der Waals surface area contributed by atoms with Gasteiger partial charge in [0.15, 0.2) is 0 Å². The van der Waals surface area contributed by atoms with Crippen molar-refractivity contribution in [1.82, 2.24) is 9.80 Å². The lowest BCUT2D eigenvalue weighted by Crippen LogP contribution is -2.55. The molecule has 140 valence electrons. The molecular weight excluding hydrogens is 316 g/mol. The van der Waals surface area contributed by atoms with Crippen LogP contribution in [0.1, 0.15) is 39.5 Å². The summed E-state index contributed by atoms with van der Waals surface area (Å²) in [5.74, 6) is 0.934. The normalized spacial score (nSPS) is 52.9. The fraction of sp³-hybridized carbons (Fsp3) is 0.950. The Hall–Kier alpha value is -0.650. The minimum absolute atomic E-state index is 0.0106. The molecule has 0 bridgehead atoms. The van der Waals surface area contributed by atoms with E-state index >= 15 is 0 Å². The monoisotopic (exact) mass is 348 g/mol. The van der Waals surface area contributed by atoms with Crippen molar-refractivity contribution in [2.45, 2.75) is 57.3 Å². The molecule has 5 rings (SSSR count). The fourth-order valence-corrected chi connectivity index (χ4v) is 6.75. The molecular formula is C20H32N2O3. The van der Waals surface area contributed by atoms with E-state index in [1.165, 1.54) is 19.3 Å². The lowest BCUT2D eigenvalue weighted by Gasteiger charge is -2.49. The number of esters is 1. The van der Waals surface area contributed by atoms with E-state index in [-0.39, 0.29) is 41.0 Å². The quantitative estimate of drug-likeness (QED) is 0.562. The van der Waals surface area contributed by atoms with Crippen LogP contribution >= 0.6 is 0 Å².